The largest absolute Gasteiger partial charge is 0.481 e. The molecule has 0 N–H and O–H groups in total. The van der Waals surface area contributed by atoms with Crippen molar-refractivity contribution >= 4 is 0 Å². The number of ether oxygens (including phenoxy) is 4. The highest BCUT2D eigenvalue weighted by atomic mass is 16.5. The molecule has 0 unspecified atom stereocenters. The molecule has 0 aliphatic rings. The Balaban J connectivity index is 1.84. The Morgan fingerprint density at radius 2 is 1.36 bits per heavy atom. The smallest absolute Gasteiger partial charge is 0.322 e. The summed E-state index contributed by atoms with van der Waals surface area (Å²) in [5, 5.41) is 18.1. The van der Waals surface area contributed by atoms with Crippen LogP contribution >= 0.6 is 0 Å². The van der Waals surface area contributed by atoms with Crippen LogP contribution in [0.1, 0.15) is 11.1 Å². The van der Waals surface area contributed by atoms with Crippen molar-refractivity contribution in [1.29, 1.82) is 10.5 Å². The minimum atomic E-state index is 0.110. The van der Waals surface area contributed by atoms with Gasteiger partial charge >= 0.3 is 6.01 Å². The summed E-state index contributed by atoms with van der Waals surface area (Å²) in [7, 11) is 2.92. The molecule has 2 aromatic carbocycles. The van der Waals surface area contributed by atoms with Crippen LogP contribution in [0.3, 0.4) is 0 Å². The Kier molecular flexibility index (Phi) is 5.54. The van der Waals surface area contributed by atoms with Gasteiger partial charge in [0, 0.05) is 6.07 Å². The van der Waals surface area contributed by atoms with Gasteiger partial charge in [-0.1, -0.05) is 6.07 Å². The lowest BCUT2D eigenvalue weighted by Crippen LogP contribution is -1.98. The first-order chi connectivity index (χ1) is 13.6. The van der Waals surface area contributed by atoms with E-state index in [2.05, 4.69) is 9.97 Å². The van der Waals surface area contributed by atoms with Crippen molar-refractivity contribution < 1.29 is 18.9 Å². The molecular weight excluding hydrogens is 360 g/mol. The summed E-state index contributed by atoms with van der Waals surface area (Å²) in [6, 6.07) is 17.0. The topological polar surface area (TPSA) is 110 Å². The van der Waals surface area contributed by atoms with Gasteiger partial charge in [-0.2, -0.15) is 20.5 Å². The fourth-order valence-electron chi connectivity index (χ4n) is 2.28. The second-order valence-corrected chi connectivity index (χ2v) is 5.38. The average Bonchev–Trinajstić information content (AvgIpc) is 2.73. The van der Waals surface area contributed by atoms with Gasteiger partial charge in [0.25, 0.3) is 0 Å². The molecule has 138 valence electrons. The summed E-state index contributed by atoms with van der Waals surface area (Å²) >= 11 is 0. The van der Waals surface area contributed by atoms with Crippen LogP contribution in [0, 0.1) is 22.7 Å². The molecule has 0 spiro atoms. The second kappa shape index (κ2) is 8.39. The van der Waals surface area contributed by atoms with Gasteiger partial charge in [0.15, 0.2) is 0 Å². The van der Waals surface area contributed by atoms with E-state index in [9.17, 15) is 0 Å². The van der Waals surface area contributed by atoms with Crippen molar-refractivity contribution in [1.82, 2.24) is 9.97 Å². The summed E-state index contributed by atoms with van der Waals surface area (Å²) in [5.74, 6) is 1.82. The van der Waals surface area contributed by atoms with Gasteiger partial charge in [-0.25, -0.2) is 0 Å². The monoisotopic (exact) mass is 374 g/mol. The van der Waals surface area contributed by atoms with Gasteiger partial charge < -0.3 is 18.9 Å². The van der Waals surface area contributed by atoms with Crippen LogP contribution < -0.4 is 18.9 Å². The highest BCUT2D eigenvalue weighted by Crippen LogP contribution is 2.30. The predicted octanol–water partition coefficient (Wildman–Crippen LogP) is 3.82. The number of hydrogen-bond donors (Lipinski definition) is 0. The molecule has 0 aliphatic carbocycles. The minimum absolute atomic E-state index is 0.110. The molecule has 0 fully saturated rings. The lowest BCUT2D eigenvalue weighted by atomic mass is 10.1. The van der Waals surface area contributed by atoms with E-state index in [1.807, 2.05) is 12.1 Å². The molecule has 0 bridgehead atoms. The second-order valence-electron chi connectivity index (χ2n) is 5.38. The van der Waals surface area contributed by atoms with E-state index in [1.54, 1.807) is 36.4 Å². The summed E-state index contributed by atoms with van der Waals surface area (Å²) in [6.45, 7) is 0. The van der Waals surface area contributed by atoms with Gasteiger partial charge in [-0.05, 0) is 30.3 Å². The van der Waals surface area contributed by atoms with Crippen LogP contribution in [-0.2, 0) is 0 Å². The van der Waals surface area contributed by atoms with Gasteiger partial charge in [-0.3, -0.25) is 0 Å². The molecule has 28 heavy (non-hydrogen) atoms. The van der Waals surface area contributed by atoms with Crippen molar-refractivity contribution in [2.45, 2.75) is 0 Å². The lowest BCUT2D eigenvalue weighted by Gasteiger charge is -2.10. The SMILES string of the molecule is COc1cc(Oc2cccc(Oc3cc(C#N)cc(C#N)c3)c2)nc(OC)n1. The van der Waals surface area contributed by atoms with Crippen molar-refractivity contribution in [3.05, 3.63) is 59.7 Å². The van der Waals surface area contributed by atoms with E-state index < -0.39 is 0 Å². The highest BCUT2D eigenvalue weighted by molar-refractivity contribution is 5.47. The van der Waals surface area contributed by atoms with Crippen LogP contribution in [-0.4, -0.2) is 24.2 Å². The third-order valence-corrected chi connectivity index (χ3v) is 3.48. The zero-order valence-electron chi connectivity index (χ0n) is 15.0. The molecule has 3 aromatic rings. The molecule has 1 aromatic heterocycles. The number of rotatable bonds is 6. The lowest BCUT2D eigenvalue weighted by molar-refractivity contribution is 0.339. The Bertz CT molecular complexity index is 1030. The zero-order chi connectivity index (χ0) is 19.9. The van der Waals surface area contributed by atoms with E-state index in [-0.39, 0.29) is 11.9 Å². The maximum Gasteiger partial charge on any atom is 0.322 e. The van der Waals surface area contributed by atoms with Crippen LogP contribution in [0.2, 0.25) is 0 Å². The van der Waals surface area contributed by atoms with Crippen molar-refractivity contribution in [3.8, 4) is 47.2 Å². The number of nitrogens with zero attached hydrogens (tertiary/aromatic N) is 4. The molecule has 8 heteroatoms. The standard InChI is InChI=1S/C20H14N4O4/c1-25-18-10-19(24-20(23-18)26-2)28-16-5-3-4-15(9-16)27-17-7-13(11-21)6-14(8-17)12-22/h3-10H,1-2H3. The first-order valence-corrected chi connectivity index (χ1v) is 8.01. The first-order valence-electron chi connectivity index (χ1n) is 8.01. The van der Waals surface area contributed by atoms with E-state index >= 15 is 0 Å². The minimum Gasteiger partial charge on any atom is -0.481 e. The van der Waals surface area contributed by atoms with Crippen LogP contribution in [0.5, 0.6) is 35.0 Å². The predicted molar refractivity (Wildman–Crippen MR) is 97.6 cm³/mol. The third-order valence-electron chi connectivity index (χ3n) is 3.48. The van der Waals surface area contributed by atoms with E-state index in [4.69, 9.17) is 29.5 Å². The summed E-state index contributed by atoms with van der Waals surface area (Å²) < 4.78 is 21.6. The first kappa shape index (κ1) is 18.5. The molecule has 1 heterocycles. The zero-order valence-corrected chi connectivity index (χ0v) is 15.0. The molecule has 0 saturated heterocycles. The number of nitriles is 2. The van der Waals surface area contributed by atoms with Crippen LogP contribution in [0.4, 0.5) is 0 Å². The van der Waals surface area contributed by atoms with Gasteiger partial charge in [0.2, 0.25) is 11.8 Å². The summed E-state index contributed by atoms with van der Waals surface area (Å²) in [4.78, 5) is 8.11. The Hall–Kier alpha value is -4.30. The molecule has 0 radical (unpaired) electrons. The van der Waals surface area contributed by atoms with Crippen LogP contribution in [0.25, 0.3) is 0 Å². The van der Waals surface area contributed by atoms with E-state index in [0.29, 0.717) is 34.3 Å². The third kappa shape index (κ3) is 4.45. The molecule has 8 nitrogen and oxygen atoms in total. The molecule has 0 aliphatic heterocycles. The number of methoxy groups -OCH3 is 2. The van der Waals surface area contributed by atoms with Crippen molar-refractivity contribution in [2.75, 3.05) is 14.2 Å². The fourth-order valence-corrected chi connectivity index (χ4v) is 2.28. The molecule has 0 amide bonds. The highest BCUT2D eigenvalue weighted by Gasteiger charge is 2.09. The number of aromatic nitrogens is 2. The number of hydrogen-bond acceptors (Lipinski definition) is 8. The molecule has 0 atom stereocenters. The average molecular weight is 374 g/mol. The maximum absolute atomic E-state index is 9.07. The maximum atomic E-state index is 9.07. The number of benzene rings is 2. The summed E-state index contributed by atoms with van der Waals surface area (Å²) in [6.07, 6.45) is 0. The Morgan fingerprint density at radius 1 is 0.714 bits per heavy atom. The van der Waals surface area contributed by atoms with Crippen molar-refractivity contribution in [2.24, 2.45) is 0 Å². The Labute approximate surface area is 161 Å². The van der Waals surface area contributed by atoms with E-state index in [0.717, 1.165) is 0 Å². The van der Waals surface area contributed by atoms with Crippen LogP contribution in [0.15, 0.2) is 48.5 Å². The normalized spacial score (nSPS) is 9.71. The summed E-state index contributed by atoms with van der Waals surface area (Å²) in [5.41, 5.74) is 0.670. The molecule has 3 rings (SSSR count). The molecular formula is C20H14N4O4. The van der Waals surface area contributed by atoms with Gasteiger partial charge in [0.1, 0.15) is 17.2 Å². The van der Waals surface area contributed by atoms with E-state index in [1.165, 1.54) is 26.4 Å². The van der Waals surface area contributed by atoms with Gasteiger partial charge in [-0.15, -0.1) is 0 Å². The Morgan fingerprint density at radius 3 is 1.96 bits per heavy atom. The fraction of sp³-hybridized carbons (Fsp3) is 0.100. The quantitative estimate of drug-likeness (QED) is 0.640. The van der Waals surface area contributed by atoms with Crippen molar-refractivity contribution in [3.63, 3.8) is 0 Å². The van der Waals surface area contributed by atoms with Gasteiger partial charge in [0.05, 0.1) is 43.6 Å². The molecule has 0 saturated carbocycles.